The fraction of sp³-hybridized carbons (Fsp3) is 0.250. The second-order valence-corrected chi connectivity index (χ2v) is 5.68. The third kappa shape index (κ3) is 1.84. The van der Waals surface area contributed by atoms with E-state index >= 15 is 0 Å². The number of allylic oxidation sites excluding steroid dienone is 2. The van der Waals surface area contributed by atoms with Crippen LogP contribution in [0.5, 0.6) is 0 Å². The van der Waals surface area contributed by atoms with Crippen LogP contribution in [-0.4, -0.2) is 11.4 Å². The van der Waals surface area contributed by atoms with Crippen molar-refractivity contribution >= 4 is 17.1 Å². The first-order valence-electron chi connectivity index (χ1n) is 6.20. The summed E-state index contributed by atoms with van der Waals surface area (Å²) in [7, 11) is 0. The summed E-state index contributed by atoms with van der Waals surface area (Å²) >= 11 is 0. The van der Waals surface area contributed by atoms with E-state index in [1.54, 1.807) is 6.20 Å². The van der Waals surface area contributed by atoms with Crippen molar-refractivity contribution in [2.75, 3.05) is 0 Å². The first-order valence-corrected chi connectivity index (χ1v) is 6.20. The molecule has 1 aromatic carbocycles. The zero-order valence-electron chi connectivity index (χ0n) is 10.9. The molecule has 0 saturated heterocycles. The van der Waals surface area contributed by atoms with Crippen LogP contribution in [0.2, 0.25) is 0 Å². The largest absolute Gasteiger partial charge is 0.254 e. The normalized spacial score (nSPS) is 17.4. The molecule has 0 aliphatic carbocycles. The Hall–Kier alpha value is -1.96. The highest BCUT2D eigenvalue weighted by molar-refractivity contribution is 6.55. The van der Waals surface area contributed by atoms with Gasteiger partial charge in [-0.2, -0.15) is 0 Å². The molecule has 2 aliphatic heterocycles. The quantitative estimate of drug-likeness (QED) is 0.709. The fourth-order valence-electron chi connectivity index (χ4n) is 2.13. The lowest BCUT2D eigenvalue weighted by atomic mass is 9.86. The molecule has 0 atom stereocenters. The molecule has 0 fully saturated rings. The molecule has 0 saturated carbocycles. The summed E-state index contributed by atoms with van der Waals surface area (Å²) in [5.41, 5.74) is 5.65. The summed E-state index contributed by atoms with van der Waals surface area (Å²) in [4.78, 5) is 8.83. The first kappa shape index (κ1) is 11.1. The van der Waals surface area contributed by atoms with Crippen LogP contribution in [0, 0.1) is 0 Å². The summed E-state index contributed by atoms with van der Waals surface area (Å²) in [6.45, 7) is 6.67. The summed E-state index contributed by atoms with van der Waals surface area (Å²) < 4.78 is 0. The zero-order valence-corrected chi connectivity index (χ0v) is 10.9. The van der Waals surface area contributed by atoms with Gasteiger partial charge in [-0.1, -0.05) is 45.0 Å². The van der Waals surface area contributed by atoms with Crippen LogP contribution in [0.1, 0.15) is 31.9 Å². The molecule has 0 aromatic heterocycles. The van der Waals surface area contributed by atoms with Gasteiger partial charge in [0, 0.05) is 11.8 Å². The SMILES string of the molecule is CC(C)(C)c1ccc(C2=CC3=NC=CC3=N2)cc1. The van der Waals surface area contributed by atoms with Gasteiger partial charge in [-0.3, -0.25) is 4.99 Å². The van der Waals surface area contributed by atoms with Gasteiger partial charge in [0.1, 0.15) is 0 Å². The topological polar surface area (TPSA) is 24.7 Å². The summed E-state index contributed by atoms with van der Waals surface area (Å²) in [6, 6.07) is 8.65. The minimum Gasteiger partial charge on any atom is -0.254 e. The molecule has 0 unspecified atom stereocenters. The Labute approximate surface area is 107 Å². The monoisotopic (exact) mass is 236 g/mol. The maximum atomic E-state index is 4.57. The van der Waals surface area contributed by atoms with Gasteiger partial charge in [-0.05, 0) is 23.1 Å². The Bertz CT molecular complexity index is 605. The molecule has 18 heavy (non-hydrogen) atoms. The number of benzene rings is 1. The molecule has 0 N–H and O–H groups in total. The highest BCUT2D eigenvalue weighted by Crippen LogP contribution is 2.27. The predicted molar refractivity (Wildman–Crippen MR) is 77.1 cm³/mol. The van der Waals surface area contributed by atoms with Gasteiger partial charge >= 0.3 is 0 Å². The molecule has 3 rings (SSSR count). The van der Waals surface area contributed by atoms with E-state index in [1.807, 2.05) is 12.2 Å². The van der Waals surface area contributed by atoms with Crippen molar-refractivity contribution in [3.8, 4) is 0 Å². The van der Waals surface area contributed by atoms with Gasteiger partial charge in [0.25, 0.3) is 0 Å². The van der Waals surface area contributed by atoms with E-state index in [0.29, 0.717) is 0 Å². The van der Waals surface area contributed by atoms with Crippen molar-refractivity contribution in [1.82, 2.24) is 0 Å². The van der Waals surface area contributed by atoms with Gasteiger partial charge < -0.3 is 0 Å². The van der Waals surface area contributed by atoms with Crippen molar-refractivity contribution in [3.63, 3.8) is 0 Å². The van der Waals surface area contributed by atoms with Gasteiger partial charge in [-0.25, -0.2) is 4.99 Å². The third-order valence-corrected chi connectivity index (χ3v) is 3.27. The summed E-state index contributed by atoms with van der Waals surface area (Å²) in [5.74, 6) is 0. The minimum absolute atomic E-state index is 0.192. The standard InChI is InChI=1S/C16H16N2/c1-16(2,3)12-6-4-11(5-7-12)14-10-15-13(18-14)8-9-17-15/h4-10H,1-3H3. The Kier molecular flexibility index (Phi) is 2.34. The van der Waals surface area contributed by atoms with Gasteiger partial charge in [0.05, 0.1) is 17.1 Å². The number of fused-ring (bicyclic) bond motifs is 1. The van der Waals surface area contributed by atoms with E-state index in [-0.39, 0.29) is 5.41 Å². The number of rotatable bonds is 1. The van der Waals surface area contributed by atoms with Crippen LogP contribution in [0.4, 0.5) is 0 Å². The number of aliphatic imine (C=N–C) groups is 2. The van der Waals surface area contributed by atoms with Crippen LogP contribution in [0.3, 0.4) is 0 Å². The Morgan fingerprint density at radius 2 is 1.67 bits per heavy atom. The smallest absolute Gasteiger partial charge is 0.0909 e. The molecule has 2 aliphatic rings. The van der Waals surface area contributed by atoms with E-state index in [1.165, 1.54) is 5.56 Å². The van der Waals surface area contributed by atoms with Gasteiger partial charge in [0.2, 0.25) is 0 Å². The highest BCUT2D eigenvalue weighted by atomic mass is 14.9. The Morgan fingerprint density at radius 1 is 0.944 bits per heavy atom. The van der Waals surface area contributed by atoms with E-state index in [4.69, 9.17) is 0 Å². The van der Waals surface area contributed by atoms with Crippen molar-refractivity contribution in [1.29, 1.82) is 0 Å². The average molecular weight is 236 g/mol. The van der Waals surface area contributed by atoms with Crippen molar-refractivity contribution < 1.29 is 0 Å². The molecule has 0 radical (unpaired) electrons. The van der Waals surface area contributed by atoms with Crippen LogP contribution < -0.4 is 0 Å². The third-order valence-electron chi connectivity index (χ3n) is 3.27. The number of hydrogen-bond donors (Lipinski definition) is 0. The summed E-state index contributed by atoms with van der Waals surface area (Å²) in [5, 5.41) is 0. The predicted octanol–water partition coefficient (Wildman–Crippen LogP) is 3.75. The molecular formula is C16H16N2. The van der Waals surface area contributed by atoms with Crippen molar-refractivity contribution in [3.05, 3.63) is 53.7 Å². The summed E-state index contributed by atoms with van der Waals surface area (Å²) in [6.07, 6.45) is 5.79. The molecule has 0 spiro atoms. The Morgan fingerprint density at radius 3 is 2.28 bits per heavy atom. The lowest BCUT2D eigenvalue weighted by molar-refractivity contribution is 0.590. The lowest BCUT2D eigenvalue weighted by Gasteiger charge is -2.19. The minimum atomic E-state index is 0.192. The van der Waals surface area contributed by atoms with E-state index < -0.39 is 0 Å². The van der Waals surface area contributed by atoms with Crippen LogP contribution in [0.25, 0.3) is 5.70 Å². The van der Waals surface area contributed by atoms with Gasteiger partial charge in [0.15, 0.2) is 0 Å². The molecule has 2 heterocycles. The van der Waals surface area contributed by atoms with E-state index in [2.05, 4.69) is 55.0 Å². The zero-order chi connectivity index (χ0) is 12.8. The lowest BCUT2D eigenvalue weighted by Crippen LogP contribution is -2.10. The number of nitrogens with zero attached hydrogens (tertiary/aromatic N) is 2. The molecule has 0 bridgehead atoms. The van der Waals surface area contributed by atoms with Crippen LogP contribution in [0.15, 0.2) is 52.6 Å². The first-order chi connectivity index (χ1) is 8.54. The molecule has 0 amide bonds. The average Bonchev–Trinajstić information content (AvgIpc) is 2.88. The van der Waals surface area contributed by atoms with E-state index in [9.17, 15) is 0 Å². The van der Waals surface area contributed by atoms with Crippen molar-refractivity contribution in [2.45, 2.75) is 26.2 Å². The van der Waals surface area contributed by atoms with E-state index in [0.717, 1.165) is 22.7 Å². The molecule has 2 nitrogen and oxygen atoms in total. The molecule has 1 aromatic rings. The van der Waals surface area contributed by atoms with Crippen molar-refractivity contribution in [2.24, 2.45) is 9.98 Å². The highest BCUT2D eigenvalue weighted by Gasteiger charge is 2.18. The molecule has 90 valence electrons. The maximum absolute atomic E-state index is 4.57. The van der Waals surface area contributed by atoms with Crippen LogP contribution >= 0.6 is 0 Å². The second-order valence-electron chi connectivity index (χ2n) is 5.68. The number of hydrogen-bond acceptors (Lipinski definition) is 2. The van der Waals surface area contributed by atoms with Crippen LogP contribution in [-0.2, 0) is 5.41 Å². The van der Waals surface area contributed by atoms with Gasteiger partial charge in [-0.15, -0.1) is 0 Å². The second kappa shape index (κ2) is 3.77. The molecule has 2 heteroatoms. The Balaban J connectivity index is 1.92. The maximum Gasteiger partial charge on any atom is 0.0909 e. The molecular weight excluding hydrogens is 220 g/mol. The fourth-order valence-corrected chi connectivity index (χ4v) is 2.13.